The summed E-state index contributed by atoms with van der Waals surface area (Å²) in [5.74, 6) is -0.333. The number of hydrogen-bond acceptors (Lipinski definition) is 2. The normalized spacial score (nSPS) is 16.1. The second-order valence-corrected chi connectivity index (χ2v) is 5.37. The van der Waals surface area contributed by atoms with Crippen LogP contribution >= 0.6 is 15.9 Å². The SMILES string of the molecule is O=C(NCc1ccc(Br)cc1F)NC1CCOCC1. The van der Waals surface area contributed by atoms with E-state index in [4.69, 9.17) is 4.74 Å². The fourth-order valence-corrected chi connectivity index (χ4v) is 2.25. The zero-order valence-corrected chi connectivity index (χ0v) is 12.0. The first kappa shape index (κ1) is 14.3. The van der Waals surface area contributed by atoms with Gasteiger partial charge < -0.3 is 15.4 Å². The van der Waals surface area contributed by atoms with Crippen LogP contribution in [0.15, 0.2) is 22.7 Å². The molecule has 2 rings (SSSR count). The number of benzene rings is 1. The van der Waals surface area contributed by atoms with Crippen LogP contribution in [0.4, 0.5) is 9.18 Å². The highest BCUT2D eigenvalue weighted by molar-refractivity contribution is 9.10. The van der Waals surface area contributed by atoms with Crippen molar-refractivity contribution in [3.8, 4) is 0 Å². The van der Waals surface area contributed by atoms with Gasteiger partial charge in [0.25, 0.3) is 0 Å². The van der Waals surface area contributed by atoms with E-state index < -0.39 is 0 Å². The summed E-state index contributed by atoms with van der Waals surface area (Å²) in [4.78, 5) is 11.7. The lowest BCUT2D eigenvalue weighted by Crippen LogP contribution is -2.44. The van der Waals surface area contributed by atoms with Crippen LogP contribution in [0.5, 0.6) is 0 Å². The Morgan fingerprint density at radius 3 is 2.84 bits per heavy atom. The molecule has 1 aromatic carbocycles. The van der Waals surface area contributed by atoms with Gasteiger partial charge in [0.2, 0.25) is 0 Å². The fraction of sp³-hybridized carbons (Fsp3) is 0.462. The number of nitrogens with one attached hydrogen (secondary N) is 2. The van der Waals surface area contributed by atoms with Gasteiger partial charge in [-0.3, -0.25) is 0 Å². The number of rotatable bonds is 3. The molecule has 104 valence electrons. The van der Waals surface area contributed by atoms with E-state index in [1.165, 1.54) is 6.07 Å². The number of halogens is 2. The molecule has 0 unspecified atom stereocenters. The molecule has 0 aromatic heterocycles. The maximum atomic E-state index is 13.5. The predicted octanol–water partition coefficient (Wildman–Crippen LogP) is 2.57. The molecule has 6 heteroatoms. The Kier molecular flexibility index (Phi) is 5.15. The first-order chi connectivity index (χ1) is 9.15. The molecule has 0 radical (unpaired) electrons. The minimum atomic E-state index is -0.333. The molecule has 0 bridgehead atoms. The molecule has 1 saturated heterocycles. The Labute approximate surface area is 119 Å². The van der Waals surface area contributed by atoms with Gasteiger partial charge in [-0.05, 0) is 25.0 Å². The lowest BCUT2D eigenvalue weighted by atomic mass is 10.1. The van der Waals surface area contributed by atoms with Crippen LogP contribution in [0, 0.1) is 5.82 Å². The highest BCUT2D eigenvalue weighted by Crippen LogP contribution is 2.15. The highest BCUT2D eigenvalue weighted by atomic mass is 79.9. The van der Waals surface area contributed by atoms with Crippen molar-refractivity contribution in [3.63, 3.8) is 0 Å². The number of carbonyl (C=O) groups is 1. The number of ether oxygens (including phenoxy) is 1. The largest absolute Gasteiger partial charge is 0.381 e. The van der Waals surface area contributed by atoms with E-state index in [9.17, 15) is 9.18 Å². The average Bonchev–Trinajstić information content (AvgIpc) is 2.39. The molecule has 2 N–H and O–H groups in total. The van der Waals surface area contributed by atoms with Crippen LogP contribution in [-0.4, -0.2) is 25.3 Å². The van der Waals surface area contributed by atoms with Gasteiger partial charge in [0.1, 0.15) is 5.82 Å². The lowest BCUT2D eigenvalue weighted by Gasteiger charge is -2.23. The molecule has 0 atom stereocenters. The molecular weight excluding hydrogens is 315 g/mol. The highest BCUT2D eigenvalue weighted by Gasteiger charge is 2.15. The monoisotopic (exact) mass is 330 g/mol. The van der Waals surface area contributed by atoms with E-state index >= 15 is 0 Å². The summed E-state index contributed by atoms with van der Waals surface area (Å²) in [5, 5.41) is 5.52. The molecule has 1 aromatic rings. The summed E-state index contributed by atoms with van der Waals surface area (Å²) in [6.07, 6.45) is 1.64. The Morgan fingerprint density at radius 2 is 2.16 bits per heavy atom. The summed E-state index contributed by atoms with van der Waals surface area (Å²) in [7, 11) is 0. The molecule has 2 amide bonds. The zero-order valence-electron chi connectivity index (χ0n) is 10.4. The average molecular weight is 331 g/mol. The maximum absolute atomic E-state index is 13.5. The molecule has 4 nitrogen and oxygen atoms in total. The molecule has 0 aliphatic carbocycles. The number of urea groups is 1. The Hall–Kier alpha value is -1.14. The Morgan fingerprint density at radius 1 is 1.42 bits per heavy atom. The summed E-state index contributed by atoms with van der Waals surface area (Å²) >= 11 is 3.19. The lowest BCUT2D eigenvalue weighted by molar-refractivity contribution is 0.0800. The molecule has 1 heterocycles. The molecular formula is C13H16BrFN2O2. The summed E-state index contributed by atoms with van der Waals surface area (Å²) in [5.41, 5.74) is 0.463. The predicted molar refractivity (Wildman–Crippen MR) is 73.3 cm³/mol. The molecule has 1 aliphatic rings. The summed E-state index contributed by atoms with van der Waals surface area (Å²) in [6.45, 7) is 1.52. The van der Waals surface area contributed by atoms with E-state index in [1.807, 2.05) is 0 Å². The van der Waals surface area contributed by atoms with Crippen molar-refractivity contribution in [2.24, 2.45) is 0 Å². The number of amides is 2. The van der Waals surface area contributed by atoms with Gasteiger partial charge in [0.15, 0.2) is 0 Å². The van der Waals surface area contributed by atoms with Gasteiger partial charge in [0, 0.05) is 35.8 Å². The number of hydrogen-bond donors (Lipinski definition) is 2. The van der Waals surface area contributed by atoms with Gasteiger partial charge in [0.05, 0.1) is 0 Å². The first-order valence-corrected chi connectivity index (χ1v) is 7.00. The van der Waals surface area contributed by atoms with E-state index in [1.54, 1.807) is 12.1 Å². The first-order valence-electron chi connectivity index (χ1n) is 6.21. The standard InChI is InChI=1S/C13H16BrFN2O2/c14-10-2-1-9(12(15)7-10)8-16-13(18)17-11-3-5-19-6-4-11/h1-2,7,11H,3-6,8H2,(H2,16,17,18). The maximum Gasteiger partial charge on any atom is 0.315 e. The van der Waals surface area contributed by atoms with Crippen molar-refractivity contribution < 1.29 is 13.9 Å². The van der Waals surface area contributed by atoms with E-state index in [0.717, 1.165) is 12.8 Å². The molecule has 19 heavy (non-hydrogen) atoms. The minimum absolute atomic E-state index is 0.142. The van der Waals surface area contributed by atoms with E-state index in [2.05, 4.69) is 26.6 Å². The molecule has 0 saturated carbocycles. The van der Waals surface area contributed by atoms with Crippen LogP contribution in [0.2, 0.25) is 0 Å². The van der Waals surface area contributed by atoms with Crippen LogP contribution in [0.25, 0.3) is 0 Å². The van der Waals surface area contributed by atoms with E-state index in [-0.39, 0.29) is 24.4 Å². The second-order valence-electron chi connectivity index (χ2n) is 4.45. The second kappa shape index (κ2) is 6.86. The Balaban J connectivity index is 1.79. The third-order valence-corrected chi connectivity index (χ3v) is 3.50. The zero-order chi connectivity index (χ0) is 13.7. The van der Waals surface area contributed by atoms with Crippen LogP contribution in [0.1, 0.15) is 18.4 Å². The van der Waals surface area contributed by atoms with Gasteiger partial charge in [-0.2, -0.15) is 0 Å². The van der Waals surface area contributed by atoms with Gasteiger partial charge in [-0.1, -0.05) is 22.0 Å². The third kappa shape index (κ3) is 4.47. The van der Waals surface area contributed by atoms with Crippen LogP contribution in [0.3, 0.4) is 0 Å². The van der Waals surface area contributed by atoms with Crippen molar-refractivity contribution in [2.45, 2.75) is 25.4 Å². The smallest absolute Gasteiger partial charge is 0.315 e. The molecule has 0 spiro atoms. The van der Waals surface area contributed by atoms with Crippen molar-refractivity contribution in [1.82, 2.24) is 10.6 Å². The molecule has 1 aliphatic heterocycles. The van der Waals surface area contributed by atoms with E-state index in [0.29, 0.717) is 23.2 Å². The van der Waals surface area contributed by atoms with Crippen molar-refractivity contribution >= 4 is 22.0 Å². The van der Waals surface area contributed by atoms with Crippen molar-refractivity contribution in [1.29, 1.82) is 0 Å². The topological polar surface area (TPSA) is 50.4 Å². The van der Waals surface area contributed by atoms with Crippen molar-refractivity contribution in [3.05, 3.63) is 34.1 Å². The quantitative estimate of drug-likeness (QED) is 0.894. The van der Waals surface area contributed by atoms with Gasteiger partial charge in [-0.15, -0.1) is 0 Å². The van der Waals surface area contributed by atoms with Crippen LogP contribution < -0.4 is 10.6 Å². The number of carbonyl (C=O) groups excluding carboxylic acids is 1. The van der Waals surface area contributed by atoms with Crippen molar-refractivity contribution in [2.75, 3.05) is 13.2 Å². The minimum Gasteiger partial charge on any atom is -0.381 e. The van der Waals surface area contributed by atoms with Crippen LogP contribution in [-0.2, 0) is 11.3 Å². The summed E-state index contributed by atoms with van der Waals surface area (Å²) < 4.78 is 19.4. The fourth-order valence-electron chi connectivity index (χ4n) is 1.92. The van der Waals surface area contributed by atoms with Gasteiger partial charge >= 0.3 is 6.03 Å². The Bertz CT molecular complexity index is 450. The molecule has 1 fully saturated rings. The van der Waals surface area contributed by atoms with Gasteiger partial charge in [-0.25, -0.2) is 9.18 Å². The third-order valence-electron chi connectivity index (χ3n) is 3.01. The summed E-state index contributed by atoms with van der Waals surface area (Å²) in [6, 6.07) is 4.65.